The van der Waals surface area contributed by atoms with Gasteiger partial charge in [-0.3, -0.25) is 0 Å². The molecule has 124 valence electrons. The van der Waals surface area contributed by atoms with Gasteiger partial charge in [-0.05, 0) is 59.5 Å². The zero-order chi connectivity index (χ0) is 17.6. The molecule has 2 heteroatoms. The first-order chi connectivity index (χ1) is 12.2. The number of ether oxygens (including phenoxy) is 1. The van der Waals surface area contributed by atoms with Gasteiger partial charge in [-0.1, -0.05) is 55.5 Å². The summed E-state index contributed by atoms with van der Waals surface area (Å²) in [5.74, 6) is 0.857. The number of benzene rings is 3. The first kappa shape index (κ1) is 16.8. The molecular formula is C23H21NO. The van der Waals surface area contributed by atoms with E-state index in [1.165, 1.54) is 5.39 Å². The molecule has 2 nitrogen and oxygen atoms in total. The van der Waals surface area contributed by atoms with Crippen molar-refractivity contribution in [2.45, 2.75) is 26.4 Å². The molecule has 0 saturated heterocycles. The lowest BCUT2D eigenvalue weighted by molar-refractivity contribution is 0.217. The summed E-state index contributed by atoms with van der Waals surface area (Å²) in [6, 6.07) is 24.5. The quantitative estimate of drug-likeness (QED) is 0.420. The average molecular weight is 327 g/mol. The van der Waals surface area contributed by atoms with Crippen LogP contribution in [0, 0.1) is 11.3 Å². The van der Waals surface area contributed by atoms with E-state index in [1.54, 1.807) is 0 Å². The third kappa shape index (κ3) is 4.08. The number of rotatable bonds is 5. The lowest BCUT2D eigenvalue weighted by Crippen LogP contribution is -2.09. The predicted octanol–water partition coefficient (Wildman–Crippen LogP) is 6.08. The summed E-state index contributed by atoms with van der Waals surface area (Å²) in [6.45, 7) is 4.16. The van der Waals surface area contributed by atoms with Gasteiger partial charge in [0.2, 0.25) is 0 Å². The van der Waals surface area contributed by atoms with E-state index in [9.17, 15) is 5.26 Å². The van der Waals surface area contributed by atoms with Crippen LogP contribution in [0.3, 0.4) is 0 Å². The van der Waals surface area contributed by atoms with Crippen molar-refractivity contribution in [1.29, 1.82) is 5.26 Å². The zero-order valence-electron chi connectivity index (χ0n) is 14.6. The van der Waals surface area contributed by atoms with E-state index < -0.39 is 0 Å². The maximum absolute atomic E-state index is 9.58. The molecule has 0 N–H and O–H groups in total. The van der Waals surface area contributed by atoms with E-state index in [-0.39, 0.29) is 6.10 Å². The molecule has 3 rings (SSSR count). The van der Waals surface area contributed by atoms with Crippen LogP contribution in [0.15, 0.2) is 66.7 Å². The Morgan fingerprint density at radius 2 is 1.76 bits per heavy atom. The predicted molar refractivity (Wildman–Crippen MR) is 104 cm³/mol. The normalized spacial score (nSPS) is 12.6. The van der Waals surface area contributed by atoms with Crippen LogP contribution >= 0.6 is 0 Å². The van der Waals surface area contributed by atoms with Crippen LogP contribution in [-0.2, 0) is 0 Å². The van der Waals surface area contributed by atoms with Crippen LogP contribution in [0.4, 0.5) is 0 Å². The second-order valence-corrected chi connectivity index (χ2v) is 6.14. The number of fused-ring (bicyclic) bond motifs is 1. The molecule has 0 aliphatic rings. The summed E-state index contributed by atoms with van der Waals surface area (Å²) >= 11 is 0. The second kappa shape index (κ2) is 7.68. The van der Waals surface area contributed by atoms with Crippen LogP contribution in [0.25, 0.3) is 22.4 Å². The number of nitriles is 1. The van der Waals surface area contributed by atoms with E-state index in [2.05, 4.69) is 44.2 Å². The van der Waals surface area contributed by atoms with E-state index >= 15 is 0 Å². The van der Waals surface area contributed by atoms with Gasteiger partial charge in [0.1, 0.15) is 5.75 Å². The van der Waals surface area contributed by atoms with E-state index in [0.29, 0.717) is 5.57 Å². The van der Waals surface area contributed by atoms with Crippen molar-refractivity contribution < 1.29 is 4.74 Å². The van der Waals surface area contributed by atoms with Gasteiger partial charge in [0.25, 0.3) is 0 Å². The Kier molecular flexibility index (Phi) is 5.16. The standard InChI is InChI=1S/C23H21NO/c1-3-17(2)25-23-12-8-18(9-13-23)14-22(16-24)21-11-10-19-6-4-5-7-20(19)15-21/h4-15,17H,3H2,1-2H3/b22-14-/t17-/m1/s1. The summed E-state index contributed by atoms with van der Waals surface area (Å²) in [5.41, 5.74) is 2.57. The van der Waals surface area contributed by atoms with Gasteiger partial charge in [-0.25, -0.2) is 0 Å². The smallest absolute Gasteiger partial charge is 0.119 e. The molecule has 0 heterocycles. The van der Waals surface area contributed by atoms with E-state index in [1.807, 2.05) is 48.5 Å². The van der Waals surface area contributed by atoms with Crippen molar-refractivity contribution in [2.75, 3.05) is 0 Å². The Bertz CT molecular complexity index is 932. The largest absolute Gasteiger partial charge is 0.491 e. The Morgan fingerprint density at radius 1 is 1.04 bits per heavy atom. The van der Waals surface area contributed by atoms with Crippen molar-refractivity contribution in [2.24, 2.45) is 0 Å². The summed E-state index contributed by atoms with van der Waals surface area (Å²) in [5, 5.41) is 11.9. The molecule has 0 unspecified atom stereocenters. The molecule has 0 aliphatic carbocycles. The molecule has 0 radical (unpaired) electrons. The highest BCUT2D eigenvalue weighted by molar-refractivity contribution is 5.94. The summed E-state index contributed by atoms with van der Waals surface area (Å²) in [7, 11) is 0. The SMILES string of the molecule is CC[C@@H](C)Oc1ccc(/C=C(/C#N)c2ccc3ccccc3c2)cc1. The van der Waals surface area contributed by atoms with Crippen LogP contribution in [0.2, 0.25) is 0 Å². The van der Waals surface area contributed by atoms with Gasteiger partial charge < -0.3 is 4.74 Å². The fourth-order valence-electron chi connectivity index (χ4n) is 2.66. The van der Waals surface area contributed by atoms with Crippen molar-refractivity contribution in [1.82, 2.24) is 0 Å². The average Bonchev–Trinajstić information content (AvgIpc) is 2.67. The van der Waals surface area contributed by atoms with Gasteiger partial charge >= 0.3 is 0 Å². The molecule has 0 amide bonds. The zero-order valence-corrected chi connectivity index (χ0v) is 14.6. The molecule has 3 aromatic rings. The lowest BCUT2D eigenvalue weighted by Gasteiger charge is -2.12. The van der Waals surface area contributed by atoms with E-state index in [0.717, 1.165) is 28.7 Å². The maximum Gasteiger partial charge on any atom is 0.119 e. The number of hydrogen-bond donors (Lipinski definition) is 0. The van der Waals surface area contributed by atoms with Crippen molar-refractivity contribution in [3.8, 4) is 11.8 Å². The highest BCUT2D eigenvalue weighted by Crippen LogP contribution is 2.24. The highest BCUT2D eigenvalue weighted by Gasteiger charge is 2.04. The van der Waals surface area contributed by atoms with Crippen molar-refractivity contribution in [3.05, 3.63) is 77.9 Å². The minimum absolute atomic E-state index is 0.202. The molecule has 3 aromatic carbocycles. The minimum atomic E-state index is 0.202. The lowest BCUT2D eigenvalue weighted by atomic mass is 10.0. The molecular weight excluding hydrogens is 306 g/mol. The Balaban J connectivity index is 1.87. The Labute approximate surface area is 149 Å². The van der Waals surface area contributed by atoms with Gasteiger partial charge in [-0.15, -0.1) is 0 Å². The molecule has 0 fully saturated rings. The van der Waals surface area contributed by atoms with Crippen LogP contribution in [-0.4, -0.2) is 6.10 Å². The molecule has 25 heavy (non-hydrogen) atoms. The number of nitrogens with zero attached hydrogens (tertiary/aromatic N) is 1. The fourth-order valence-corrected chi connectivity index (χ4v) is 2.66. The van der Waals surface area contributed by atoms with Crippen molar-refractivity contribution in [3.63, 3.8) is 0 Å². The molecule has 0 aliphatic heterocycles. The molecule has 0 bridgehead atoms. The van der Waals surface area contributed by atoms with Crippen LogP contribution < -0.4 is 4.74 Å². The summed E-state index contributed by atoms with van der Waals surface area (Å²) < 4.78 is 5.80. The number of hydrogen-bond acceptors (Lipinski definition) is 2. The molecule has 0 saturated carbocycles. The summed E-state index contributed by atoms with van der Waals surface area (Å²) in [6.07, 6.45) is 3.09. The van der Waals surface area contributed by atoms with Gasteiger partial charge in [0.05, 0.1) is 17.7 Å². The molecule has 0 spiro atoms. The molecule has 0 aromatic heterocycles. The first-order valence-corrected chi connectivity index (χ1v) is 8.57. The number of allylic oxidation sites excluding steroid dienone is 1. The fraction of sp³-hybridized carbons (Fsp3) is 0.174. The van der Waals surface area contributed by atoms with Crippen LogP contribution in [0.5, 0.6) is 5.75 Å². The van der Waals surface area contributed by atoms with Gasteiger partial charge in [0.15, 0.2) is 0 Å². The van der Waals surface area contributed by atoms with Crippen molar-refractivity contribution >= 4 is 22.4 Å². The molecule has 1 atom stereocenters. The second-order valence-electron chi connectivity index (χ2n) is 6.14. The van der Waals surface area contributed by atoms with Crippen LogP contribution in [0.1, 0.15) is 31.4 Å². The van der Waals surface area contributed by atoms with E-state index in [4.69, 9.17) is 4.74 Å². The monoisotopic (exact) mass is 327 g/mol. The third-order valence-corrected chi connectivity index (χ3v) is 4.28. The summed E-state index contributed by atoms with van der Waals surface area (Å²) in [4.78, 5) is 0. The maximum atomic E-state index is 9.58. The Morgan fingerprint density at radius 3 is 2.44 bits per heavy atom. The highest BCUT2D eigenvalue weighted by atomic mass is 16.5. The van der Waals surface area contributed by atoms with Gasteiger partial charge in [0, 0.05) is 0 Å². The third-order valence-electron chi connectivity index (χ3n) is 4.28. The minimum Gasteiger partial charge on any atom is -0.491 e. The van der Waals surface area contributed by atoms with Gasteiger partial charge in [-0.2, -0.15) is 5.26 Å². The topological polar surface area (TPSA) is 33.0 Å². The Hall–Kier alpha value is -3.05. The first-order valence-electron chi connectivity index (χ1n) is 8.57.